The van der Waals surface area contributed by atoms with E-state index < -0.39 is 0 Å². The molecule has 4 rings (SSSR count). The lowest BCUT2D eigenvalue weighted by Gasteiger charge is -2.20. The van der Waals surface area contributed by atoms with Crippen LogP contribution in [-0.4, -0.2) is 22.6 Å². The van der Waals surface area contributed by atoms with Crippen LogP contribution in [-0.2, 0) is 7.05 Å². The van der Waals surface area contributed by atoms with Crippen molar-refractivity contribution in [3.8, 4) is 5.75 Å². The first-order valence-electron chi connectivity index (χ1n) is 9.49. The van der Waals surface area contributed by atoms with E-state index in [2.05, 4.69) is 10.3 Å². The highest BCUT2D eigenvalue weighted by atomic mass is 16.5. The molecule has 5 nitrogen and oxygen atoms in total. The summed E-state index contributed by atoms with van der Waals surface area (Å²) in [5.74, 6) is 1.56. The predicted molar refractivity (Wildman–Crippen MR) is 114 cm³/mol. The van der Waals surface area contributed by atoms with Gasteiger partial charge in [0.05, 0.1) is 24.2 Å². The average Bonchev–Trinajstić information content (AvgIpc) is 3.05. The van der Waals surface area contributed by atoms with Crippen LogP contribution in [0.1, 0.15) is 33.4 Å². The first kappa shape index (κ1) is 18.7. The Morgan fingerprint density at radius 1 is 1.00 bits per heavy atom. The third-order valence-electron chi connectivity index (χ3n) is 5.22. The Hall–Kier alpha value is -3.60. The molecule has 0 radical (unpaired) electrons. The fourth-order valence-electron chi connectivity index (χ4n) is 3.48. The van der Waals surface area contributed by atoms with Crippen LogP contribution < -0.4 is 10.1 Å². The van der Waals surface area contributed by atoms with Gasteiger partial charge >= 0.3 is 0 Å². The Morgan fingerprint density at radius 3 is 2.38 bits per heavy atom. The first-order chi connectivity index (χ1) is 14.1. The second-order valence-corrected chi connectivity index (χ2v) is 7.01. The summed E-state index contributed by atoms with van der Waals surface area (Å²) in [6.07, 6.45) is 0. The molecule has 1 aromatic heterocycles. The predicted octanol–water partition coefficient (Wildman–Crippen LogP) is 4.41. The van der Waals surface area contributed by atoms with Crippen molar-refractivity contribution >= 4 is 16.9 Å². The number of amides is 1. The monoisotopic (exact) mass is 385 g/mol. The maximum absolute atomic E-state index is 13.1. The molecule has 29 heavy (non-hydrogen) atoms. The largest absolute Gasteiger partial charge is 0.497 e. The zero-order chi connectivity index (χ0) is 20.4. The lowest BCUT2D eigenvalue weighted by Crippen LogP contribution is -2.29. The number of nitrogens with one attached hydrogen (secondary N) is 1. The number of aromatic nitrogens is 2. The van der Waals surface area contributed by atoms with Gasteiger partial charge in [0.2, 0.25) is 0 Å². The summed E-state index contributed by atoms with van der Waals surface area (Å²) in [6, 6.07) is 23.1. The summed E-state index contributed by atoms with van der Waals surface area (Å²) in [7, 11) is 3.61. The molecule has 1 heterocycles. The van der Waals surface area contributed by atoms with Gasteiger partial charge in [0, 0.05) is 12.6 Å². The zero-order valence-electron chi connectivity index (χ0n) is 16.7. The molecule has 1 atom stereocenters. The minimum absolute atomic E-state index is 0.139. The standard InChI is InChI=1S/C24H23N3O2/c1-16-25-21-15-19(11-14-22(21)27(16)2)24(28)26-23(17-7-5-4-6-8-17)18-9-12-20(29-3)13-10-18/h4-15,23H,1-3H3,(H,26,28)/t23-/m1/s1. The van der Waals surface area contributed by atoms with Crippen molar-refractivity contribution < 1.29 is 9.53 Å². The van der Waals surface area contributed by atoms with Crippen LogP contribution in [0.2, 0.25) is 0 Å². The van der Waals surface area contributed by atoms with Gasteiger partial charge in [0.1, 0.15) is 11.6 Å². The van der Waals surface area contributed by atoms with E-state index in [0.29, 0.717) is 5.56 Å². The Bertz CT molecular complexity index is 1150. The maximum Gasteiger partial charge on any atom is 0.252 e. The molecular formula is C24H23N3O2. The molecule has 4 aromatic rings. The molecule has 5 heteroatoms. The van der Waals surface area contributed by atoms with Crippen molar-refractivity contribution in [3.05, 3.63) is 95.3 Å². The number of ether oxygens (including phenoxy) is 1. The van der Waals surface area contributed by atoms with E-state index in [9.17, 15) is 4.79 Å². The summed E-state index contributed by atoms with van der Waals surface area (Å²) in [5, 5.41) is 3.18. The number of carbonyl (C=O) groups excluding carboxylic acids is 1. The average molecular weight is 385 g/mol. The summed E-state index contributed by atoms with van der Waals surface area (Å²) < 4.78 is 7.28. The molecule has 0 bridgehead atoms. The normalized spacial score (nSPS) is 12.0. The summed E-state index contributed by atoms with van der Waals surface area (Å²) in [4.78, 5) is 17.6. The number of fused-ring (bicyclic) bond motifs is 1. The Labute approximate surface area is 170 Å². The van der Waals surface area contributed by atoms with Crippen LogP contribution in [0.15, 0.2) is 72.8 Å². The van der Waals surface area contributed by atoms with Crippen LogP contribution in [0.3, 0.4) is 0 Å². The molecule has 0 fully saturated rings. The third kappa shape index (κ3) is 3.72. The molecule has 1 N–H and O–H groups in total. The van der Waals surface area contributed by atoms with E-state index in [1.54, 1.807) is 7.11 Å². The highest BCUT2D eigenvalue weighted by molar-refractivity contribution is 5.97. The molecule has 0 spiro atoms. The van der Waals surface area contributed by atoms with Crippen LogP contribution in [0.5, 0.6) is 5.75 Å². The van der Waals surface area contributed by atoms with Crippen LogP contribution >= 0.6 is 0 Å². The quantitative estimate of drug-likeness (QED) is 0.554. The number of imidazole rings is 1. The zero-order valence-corrected chi connectivity index (χ0v) is 16.7. The fourth-order valence-corrected chi connectivity index (χ4v) is 3.48. The van der Waals surface area contributed by atoms with Crippen molar-refractivity contribution in [2.24, 2.45) is 7.05 Å². The number of aryl methyl sites for hydroxylation is 2. The Balaban J connectivity index is 1.67. The lowest BCUT2D eigenvalue weighted by atomic mass is 9.98. The number of rotatable bonds is 5. The van der Waals surface area contributed by atoms with Crippen LogP contribution in [0, 0.1) is 6.92 Å². The molecule has 146 valence electrons. The van der Waals surface area contributed by atoms with Gasteiger partial charge in [-0.15, -0.1) is 0 Å². The fraction of sp³-hybridized carbons (Fsp3) is 0.167. The number of methoxy groups -OCH3 is 1. The van der Waals surface area contributed by atoms with Crippen molar-refractivity contribution in [2.75, 3.05) is 7.11 Å². The van der Waals surface area contributed by atoms with E-state index in [1.807, 2.05) is 91.3 Å². The van der Waals surface area contributed by atoms with E-state index in [0.717, 1.165) is 33.7 Å². The highest BCUT2D eigenvalue weighted by Crippen LogP contribution is 2.25. The molecule has 0 saturated carbocycles. The lowest BCUT2D eigenvalue weighted by molar-refractivity contribution is 0.0943. The second kappa shape index (κ2) is 7.80. The number of hydrogen-bond acceptors (Lipinski definition) is 3. The Morgan fingerprint density at radius 2 is 1.69 bits per heavy atom. The van der Waals surface area contributed by atoms with Gasteiger partial charge in [-0.25, -0.2) is 4.98 Å². The third-order valence-corrected chi connectivity index (χ3v) is 5.22. The van der Waals surface area contributed by atoms with Gasteiger partial charge in [-0.1, -0.05) is 42.5 Å². The topological polar surface area (TPSA) is 56.1 Å². The smallest absolute Gasteiger partial charge is 0.252 e. The van der Waals surface area contributed by atoms with Gasteiger partial charge in [-0.2, -0.15) is 0 Å². The molecule has 0 aliphatic carbocycles. The number of nitrogens with zero attached hydrogens (tertiary/aromatic N) is 2. The molecule has 0 aliphatic heterocycles. The van der Waals surface area contributed by atoms with Gasteiger partial charge in [-0.05, 0) is 48.4 Å². The van der Waals surface area contributed by atoms with E-state index in [4.69, 9.17) is 4.74 Å². The van der Waals surface area contributed by atoms with Gasteiger partial charge in [0.25, 0.3) is 5.91 Å². The first-order valence-corrected chi connectivity index (χ1v) is 9.49. The molecule has 0 saturated heterocycles. The van der Waals surface area contributed by atoms with Crippen LogP contribution in [0.25, 0.3) is 11.0 Å². The maximum atomic E-state index is 13.1. The van der Waals surface area contributed by atoms with Crippen molar-refractivity contribution in [1.29, 1.82) is 0 Å². The van der Waals surface area contributed by atoms with Crippen molar-refractivity contribution in [1.82, 2.24) is 14.9 Å². The summed E-state index contributed by atoms with van der Waals surface area (Å²) in [5.41, 5.74) is 4.41. The molecular weight excluding hydrogens is 362 g/mol. The second-order valence-electron chi connectivity index (χ2n) is 7.01. The Kier molecular flexibility index (Phi) is 5.04. The molecule has 1 amide bonds. The number of carbonyl (C=O) groups is 1. The van der Waals surface area contributed by atoms with Gasteiger partial charge in [0.15, 0.2) is 0 Å². The van der Waals surface area contributed by atoms with E-state index in [-0.39, 0.29) is 11.9 Å². The number of hydrogen-bond donors (Lipinski definition) is 1. The van der Waals surface area contributed by atoms with Gasteiger partial charge in [-0.3, -0.25) is 4.79 Å². The van der Waals surface area contributed by atoms with Crippen molar-refractivity contribution in [3.63, 3.8) is 0 Å². The van der Waals surface area contributed by atoms with E-state index >= 15 is 0 Å². The van der Waals surface area contributed by atoms with Gasteiger partial charge < -0.3 is 14.6 Å². The SMILES string of the molecule is COc1ccc([C@H](NC(=O)c2ccc3c(c2)nc(C)n3C)c2ccccc2)cc1. The highest BCUT2D eigenvalue weighted by Gasteiger charge is 2.19. The van der Waals surface area contributed by atoms with Crippen molar-refractivity contribution in [2.45, 2.75) is 13.0 Å². The molecule has 0 aliphatic rings. The summed E-state index contributed by atoms with van der Waals surface area (Å²) >= 11 is 0. The van der Waals surface area contributed by atoms with Crippen LogP contribution in [0.4, 0.5) is 0 Å². The summed E-state index contributed by atoms with van der Waals surface area (Å²) in [6.45, 7) is 1.95. The molecule has 3 aromatic carbocycles. The molecule has 0 unspecified atom stereocenters. The van der Waals surface area contributed by atoms with E-state index in [1.165, 1.54) is 0 Å². The minimum atomic E-state index is -0.268. The number of benzene rings is 3. The minimum Gasteiger partial charge on any atom is -0.497 e.